The van der Waals surface area contributed by atoms with E-state index in [0.29, 0.717) is 0 Å². The fourth-order valence-corrected chi connectivity index (χ4v) is 0.657. The molecule has 3 radical (unpaired) electrons. The molecule has 0 aliphatic carbocycles. The lowest BCUT2D eigenvalue weighted by Gasteiger charge is -1.77. The van der Waals surface area contributed by atoms with Crippen LogP contribution < -0.4 is 0 Å². The quantitative estimate of drug-likeness (QED) is 0.387. The van der Waals surface area contributed by atoms with E-state index in [1.54, 1.807) is 0 Å². The van der Waals surface area contributed by atoms with Crippen LogP contribution in [-0.4, -0.2) is 37.5 Å². The summed E-state index contributed by atoms with van der Waals surface area (Å²) in [7, 11) is -3.27. The van der Waals surface area contributed by atoms with Crippen LogP contribution in [0.15, 0.2) is 0 Å². The molecule has 55 valence electrons. The van der Waals surface area contributed by atoms with E-state index >= 15 is 0 Å². The molecule has 0 saturated heterocycles. The molecule has 0 aromatic carbocycles. The van der Waals surface area contributed by atoms with E-state index in [1.807, 2.05) is 0 Å². The van der Waals surface area contributed by atoms with Gasteiger partial charge in [0.05, 0.1) is 0 Å². The summed E-state index contributed by atoms with van der Waals surface area (Å²) in [6.45, 7) is 2.65. The van der Waals surface area contributed by atoms with Crippen molar-refractivity contribution in [3.8, 4) is 0 Å². The van der Waals surface area contributed by atoms with Crippen molar-refractivity contribution >= 4 is 33.4 Å². The Hall–Kier alpha value is 0.652. The molecule has 0 saturated carbocycles. The van der Waals surface area contributed by atoms with Crippen molar-refractivity contribution in [2.24, 2.45) is 0 Å². The van der Waals surface area contributed by atoms with Crippen molar-refractivity contribution in [3.05, 3.63) is 0 Å². The molecule has 0 fully saturated rings. The second-order valence-corrected chi connectivity index (χ2v) is 3.53. The molecule has 0 amide bonds. The monoisotopic (exact) mass is 197 g/mol. The molecule has 7 heteroatoms. The first-order valence-electron chi connectivity index (χ1n) is 2.20. The minimum atomic E-state index is -1.63. The van der Waals surface area contributed by atoms with E-state index < -0.39 is 16.1 Å². The average molecular weight is 197 g/mol. The largest absolute Gasteiger partial charge is 0.507 e. The molecule has 0 aliphatic heterocycles. The summed E-state index contributed by atoms with van der Waals surface area (Å²) in [6, 6.07) is 0. The summed E-state index contributed by atoms with van der Waals surface area (Å²) in [5.74, 6) is 0. The Morgan fingerprint density at radius 1 is 1.10 bits per heavy atom. The van der Waals surface area contributed by atoms with E-state index in [-0.39, 0.29) is 24.2 Å². The van der Waals surface area contributed by atoms with E-state index in [4.69, 9.17) is 0 Å². The minimum Gasteiger partial charge on any atom is -0.113 e. The molecule has 0 aromatic heterocycles. The first-order valence-corrected chi connectivity index (χ1v) is 5.45. The zero-order chi connectivity index (χ0) is 7.28. The van der Waals surface area contributed by atoms with Crippen molar-refractivity contribution in [2.45, 2.75) is 0 Å². The van der Waals surface area contributed by atoms with Gasteiger partial charge in [0.25, 0.3) is 6.79 Å². The third-order valence-corrected chi connectivity index (χ3v) is 1.41. The summed E-state index contributed by atoms with van der Waals surface area (Å²) in [5, 5.41) is 0. The second kappa shape index (κ2) is 7.76. The maximum absolute atomic E-state index is 10.2. The highest BCUT2D eigenvalue weighted by molar-refractivity contribution is 7.38. The van der Waals surface area contributed by atoms with Gasteiger partial charge in [-0.15, -0.1) is 9.05 Å². The van der Waals surface area contributed by atoms with Gasteiger partial charge in [-0.05, 0) is 9.13 Å². The van der Waals surface area contributed by atoms with Gasteiger partial charge in [-0.2, -0.15) is 0 Å². The maximum atomic E-state index is 10.2. The Morgan fingerprint density at radius 3 is 1.60 bits per heavy atom. The molecule has 0 N–H and O–H groups in total. The molecule has 0 aliphatic rings. The predicted molar refractivity (Wildman–Crippen MR) is 39.9 cm³/mol. The van der Waals surface area contributed by atoms with Crippen molar-refractivity contribution in [1.82, 2.24) is 0 Å². The Bertz CT molecular complexity index is 114. The van der Waals surface area contributed by atoms with Gasteiger partial charge in [-0.3, -0.25) is 0 Å². The van der Waals surface area contributed by atoms with E-state index in [9.17, 15) is 9.13 Å². The Morgan fingerprint density at radius 2 is 1.40 bits per heavy atom. The van der Waals surface area contributed by atoms with Gasteiger partial charge in [-0.25, -0.2) is 0 Å². The van der Waals surface area contributed by atoms with Crippen LogP contribution in [0.5, 0.6) is 0 Å². The van der Waals surface area contributed by atoms with Crippen LogP contribution in [0.25, 0.3) is 0 Å². The lowest BCUT2D eigenvalue weighted by atomic mass is 11.6. The topological polar surface area (TPSA) is 52.6 Å². The maximum Gasteiger partial charge on any atom is 0.507 e. The van der Waals surface area contributed by atoms with Gasteiger partial charge in [-0.1, -0.05) is 0 Å². The molecule has 2 atom stereocenters. The zero-order valence-electron chi connectivity index (χ0n) is 5.81. The molecule has 0 spiro atoms. The van der Waals surface area contributed by atoms with Gasteiger partial charge in [0, 0.05) is 17.4 Å². The molecule has 0 bridgehead atoms. The van der Waals surface area contributed by atoms with Gasteiger partial charge in [0.15, 0.2) is 13.3 Å². The highest BCUT2D eigenvalue weighted by Gasteiger charge is 2.12. The number of hydrogen-bond acceptors (Lipinski definition) is 4. The lowest BCUT2D eigenvalue weighted by Crippen LogP contribution is -1.84. The van der Waals surface area contributed by atoms with Crippen molar-refractivity contribution in [2.75, 3.05) is 20.1 Å². The fourth-order valence-electron chi connectivity index (χ4n) is 0.172. The minimum absolute atomic E-state index is 0. The summed E-state index contributed by atoms with van der Waals surface area (Å²) in [4.78, 5) is 0. The molecule has 10 heavy (non-hydrogen) atoms. The summed E-state index contributed by atoms with van der Waals surface area (Å²) in [6.07, 6.45) is 0. The summed E-state index contributed by atoms with van der Waals surface area (Å²) in [5.41, 5.74) is 0. The van der Waals surface area contributed by atoms with Crippen molar-refractivity contribution in [1.29, 1.82) is 0 Å². The molecule has 0 rings (SSSR count). The van der Waals surface area contributed by atoms with Crippen LogP contribution in [0.3, 0.4) is 0 Å². The first kappa shape index (κ1) is 13.3. The van der Waals surface area contributed by atoms with Gasteiger partial charge >= 0.3 is 16.1 Å². The SMILES string of the molecule is C[P+](=O)OCO[P+](C)=O.[Al]. The Kier molecular flexibility index (Phi) is 10.3. The van der Waals surface area contributed by atoms with E-state index in [1.165, 1.54) is 13.3 Å². The van der Waals surface area contributed by atoms with Gasteiger partial charge in [0.2, 0.25) is 0 Å². The molecule has 0 aromatic rings. The smallest absolute Gasteiger partial charge is 0.113 e. The van der Waals surface area contributed by atoms with Crippen molar-refractivity contribution < 1.29 is 18.2 Å². The number of rotatable bonds is 4. The second-order valence-electron chi connectivity index (χ2n) is 1.26. The zero-order valence-corrected chi connectivity index (χ0v) is 8.76. The van der Waals surface area contributed by atoms with E-state index in [0.717, 1.165) is 0 Å². The highest BCUT2D eigenvalue weighted by atomic mass is 31.1. The average Bonchev–Trinajstić information content (AvgIpc) is 1.63. The van der Waals surface area contributed by atoms with Crippen LogP contribution in [0.4, 0.5) is 0 Å². The van der Waals surface area contributed by atoms with Crippen LogP contribution in [-0.2, 0) is 18.2 Å². The third kappa shape index (κ3) is 11.4. The molecule has 4 nitrogen and oxygen atoms in total. The molecular weight excluding hydrogens is 189 g/mol. The number of hydrogen-bond donors (Lipinski definition) is 0. The molecular formula is C3H8AlO4P2+2. The molecule has 2 unspecified atom stereocenters. The van der Waals surface area contributed by atoms with Crippen molar-refractivity contribution in [3.63, 3.8) is 0 Å². The van der Waals surface area contributed by atoms with E-state index in [2.05, 4.69) is 9.05 Å². The third-order valence-electron chi connectivity index (χ3n) is 0.469. The van der Waals surface area contributed by atoms with Crippen LogP contribution in [0.1, 0.15) is 0 Å². The summed E-state index contributed by atoms with van der Waals surface area (Å²) < 4.78 is 29.3. The van der Waals surface area contributed by atoms with Crippen LogP contribution in [0, 0.1) is 0 Å². The molecule has 0 heterocycles. The Balaban J connectivity index is 0. The Labute approximate surface area is 72.2 Å². The lowest BCUT2D eigenvalue weighted by molar-refractivity contribution is 0.139. The summed E-state index contributed by atoms with van der Waals surface area (Å²) >= 11 is 0. The highest BCUT2D eigenvalue weighted by Crippen LogP contribution is 2.20. The van der Waals surface area contributed by atoms with Crippen LogP contribution >= 0.6 is 16.1 Å². The predicted octanol–water partition coefficient (Wildman–Crippen LogP) is 1.34. The fraction of sp³-hybridized carbons (Fsp3) is 1.00. The van der Waals surface area contributed by atoms with Gasteiger partial charge in [0.1, 0.15) is 0 Å². The first-order chi connectivity index (χ1) is 4.13. The van der Waals surface area contributed by atoms with Gasteiger partial charge < -0.3 is 0 Å². The van der Waals surface area contributed by atoms with Crippen LogP contribution in [0.2, 0.25) is 0 Å². The normalized spacial score (nSPS) is 11.8. The standard InChI is InChI=1S/C3H8O4P2.Al/c1-8(4)6-3-7-9(2)5;/h3H2,1-2H3;/q+2;.